The van der Waals surface area contributed by atoms with Gasteiger partial charge in [-0.1, -0.05) is 80.4 Å². The van der Waals surface area contributed by atoms with Gasteiger partial charge in [-0.05, 0) is 92.4 Å². The number of rotatable bonds is 12. The van der Waals surface area contributed by atoms with E-state index in [0.717, 1.165) is 44.3 Å². The van der Waals surface area contributed by atoms with E-state index >= 15 is 0 Å². The van der Waals surface area contributed by atoms with Crippen molar-refractivity contribution in [3.63, 3.8) is 0 Å². The summed E-state index contributed by atoms with van der Waals surface area (Å²) in [6.45, 7) is 5.86. The summed E-state index contributed by atoms with van der Waals surface area (Å²) in [6.07, 6.45) is 17.5. The Balaban J connectivity index is 1.35. The zero-order chi connectivity index (χ0) is 21.7. The van der Waals surface area contributed by atoms with Gasteiger partial charge in [-0.2, -0.15) is 0 Å². The Bertz CT molecular complexity index is 748. The topological polar surface area (TPSA) is 9.23 Å². The van der Waals surface area contributed by atoms with E-state index in [1.807, 2.05) is 0 Å². The molecule has 2 aromatic rings. The molecular formula is C30H42O. The van der Waals surface area contributed by atoms with E-state index in [1.54, 1.807) is 0 Å². The molecule has 1 heteroatoms. The largest absolute Gasteiger partial charge is 0.377 e. The predicted molar refractivity (Wildman–Crippen MR) is 133 cm³/mol. The van der Waals surface area contributed by atoms with Gasteiger partial charge < -0.3 is 4.74 Å². The number of hydrogen-bond donors (Lipinski definition) is 0. The van der Waals surface area contributed by atoms with Gasteiger partial charge in [0.15, 0.2) is 0 Å². The Labute approximate surface area is 190 Å². The molecule has 0 unspecified atom stereocenters. The first-order valence-corrected chi connectivity index (χ1v) is 12.6. The van der Waals surface area contributed by atoms with Crippen molar-refractivity contribution in [2.45, 2.75) is 84.7 Å². The number of aryl methyl sites for hydroxylation is 3. The maximum atomic E-state index is 5.62. The number of hydrogen-bond acceptors (Lipinski definition) is 1. The van der Waals surface area contributed by atoms with Gasteiger partial charge in [0.1, 0.15) is 0 Å². The van der Waals surface area contributed by atoms with E-state index in [1.165, 1.54) is 67.2 Å². The SMILES string of the molecule is C/C=C/C[C@H]1CC[C@H](CCc2ccc(CCc3ccc(COCCC)cc3)cc2)CC1. The Morgan fingerprint density at radius 2 is 1.26 bits per heavy atom. The van der Waals surface area contributed by atoms with Crippen LogP contribution in [0.1, 0.15) is 81.0 Å². The summed E-state index contributed by atoms with van der Waals surface area (Å²) in [5.41, 5.74) is 5.64. The molecule has 0 aromatic heterocycles. The fraction of sp³-hybridized carbons (Fsp3) is 0.533. The lowest BCUT2D eigenvalue weighted by Gasteiger charge is -2.28. The molecule has 2 aromatic carbocycles. The molecular weight excluding hydrogens is 376 g/mol. The van der Waals surface area contributed by atoms with E-state index in [-0.39, 0.29) is 0 Å². The van der Waals surface area contributed by atoms with Crippen LogP contribution < -0.4 is 0 Å². The third-order valence-corrected chi connectivity index (χ3v) is 6.88. The smallest absolute Gasteiger partial charge is 0.0716 e. The van der Waals surface area contributed by atoms with Gasteiger partial charge in [0.05, 0.1) is 6.61 Å². The van der Waals surface area contributed by atoms with Crippen molar-refractivity contribution in [1.29, 1.82) is 0 Å². The molecule has 1 aliphatic rings. The van der Waals surface area contributed by atoms with Crippen molar-refractivity contribution in [2.75, 3.05) is 6.61 Å². The standard InChI is InChI=1S/C30H42O/c1-3-5-6-25-7-9-26(10-8-25)11-12-27-13-15-28(16-14-27)17-18-29-19-21-30(22-20-29)24-31-23-4-2/h3,5,13-16,19-22,25-26H,4,6-12,17-18,23-24H2,1-2H3/b5-3+/t25-,26-. The predicted octanol–water partition coefficient (Wildman–Crippen LogP) is 8.10. The van der Waals surface area contributed by atoms with Gasteiger partial charge in [0.2, 0.25) is 0 Å². The van der Waals surface area contributed by atoms with E-state index in [4.69, 9.17) is 4.74 Å². The zero-order valence-electron chi connectivity index (χ0n) is 19.8. The maximum absolute atomic E-state index is 5.62. The van der Waals surface area contributed by atoms with Gasteiger partial charge in [0, 0.05) is 6.61 Å². The maximum Gasteiger partial charge on any atom is 0.0716 e. The normalized spacial score (nSPS) is 19.2. The van der Waals surface area contributed by atoms with Crippen LogP contribution in [-0.4, -0.2) is 6.61 Å². The Kier molecular flexibility index (Phi) is 10.4. The number of benzene rings is 2. The molecule has 1 aliphatic carbocycles. The summed E-state index contributed by atoms with van der Waals surface area (Å²) >= 11 is 0. The fourth-order valence-corrected chi connectivity index (χ4v) is 4.75. The molecule has 0 aliphatic heterocycles. The van der Waals surface area contributed by atoms with Crippen molar-refractivity contribution in [1.82, 2.24) is 0 Å². The minimum atomic E-state index is 0.729. The van der Waals surface area contributed by atoms with Gasteiger partial charge in [-0.3, -0.25) is 0 Å². The molecule has 3 rings (SSSR count). The minimum Gasteiger partial charge on any atom is -0.377 e. The summed E-state index contributed by atoms with van der Waals surface area (Å²) in [7, 11) is 0. The quantitative estimate of drug-likeness (QED) is 0.250. The van der Waals surface area contributed by atoms with Crippen LogP contribution in [-0.2, 0) is 30.6 Å². The lowest BCUT2D eigenvalue weighted by molar-refractivity contribution is 0.121. The molecule has 0 radical (unpaired) electrons. The molecule has 0 saturated heterocycles. The van der Waals surface area contributed by atoms with Crippen LogP contribution in [0.2, 0.25) is 0 Å². The second kappa shape index (κ2) is 13.5. The fourth-order valence-electron chi connectivity index (χ4n) is 4.75. The van der Waals surface area contributed by atoms with Gasteiger partial charge in [0.25, 0.3) is 0 Å². The van der Waals surface area contributed by atoms with Crippen LogP contribution in [0.15, 0.2) is 60.7 Å². The molecule has 1 fully saturated rings. The van der Waals surface area contributed by atoms with Gasteiger partial charge in [-0.15, -0.1) is 0 Å². The molecule has 0 atom stereocenters. The van der Waals surface area contributed by atoms with Gasteiger partial charge in [-0.25, -0.2) is 0 Å². The van der Waals surface area contributed by atoms with Crippen molar-refractivity contribution in [3.05, 3.63) is 82.9 Å². The molecule has 0 N–H and O–H groups in total. The molecule has 0 spiro atoms. The van der Waals surface area contributed by atoms with E-state index in [0.29, 0.717) is 0 Å². The highest BCUT2D eigenvalue weighted by atomic mass is 16.5. The van der Waals surface area contributed by atoms with E-state index in [9.17, 15) is 0 Å². The minimum absolute atomic E-state index is 0.729. The highest BCUT2D eigenvalue weighted by Gasteiger charge is 2.20. The van der Waals surface area contributed by atoms with Gasteiger partial charge >= 0.3 is 0 Å². The van der Waals surface area contributed by atoms with Crippen LogP contribution in [0.5, 0.6) is 0 Å². The van der Waals surface area contributed by atoms with Crippen LogP contribution in [0.4, 0.5) is 0 Å². The third-order valence-electron chi connectivity index (χ3n) is 6.88. The number of allylic oxidation sites excluding steroid dienone is 2. The second-order valence-electron chi connectivity index (χ2n) is 9.42. The van der Waals surface area contributed by atoms with Crippen molar-refractivity contribution in [3.8, 4) is 0 Å². The highest BCUT2D eigenvalue weighted by molar-refractivity contribution is 5.26. The lowest BCUT2D eigenvalue weighted by Crippen LogP contribution is -2.14. The van der Waals surface area contributed by atoms with Crippen molar-refractivity contribution >= 4 is 0 Å². The average Bonchev–Trinajstić information content (AvgIpc) is 2.82. The van der Waals surface area contributed by atoms with Crippen LogP contribution >= 0.6 is 0 Å². The summed E-state index contributed by atoms with van der Waals surface area (Å²) < 4.78 is 5.62. The first kappa shape index (κ1) is 23.8. The molecule has 0 amide bonds. The lowest BCUT2D eigenvalue weighted by atomic mass is 9.78. The zero-order valence-corrected chi connectivity index (χ0v) is 19.8. The summed E-state index contributed by atoms with van der Waals surface area (Å²) in [5, 5.41) is 0. The van der Waals surface area contributed by atoms with Crippen molar-refractivity contribution < 1.29 is 4.74 Å². The monoisotopic (exact) mass is 418 g/mol. The Morgan fingerprint density at radius 3 is 1.81 bits per heavy atom. The second-order valence-corrected chi connectivity index (χ2v) is 9.42. The summed E-state index contributed by atoms with van der Waals surface area (Å²) in [4.78, 5) is 0. The highest BCUT2D eigenvalue weighted by Crippen LogP contribution is 2.33. The van der Waals surface area contributed by atoms with Crippen LogP contribution in [0, 0.1) is 11.8 Å². The molecule has 1 nitrogen and oxygen atoms in total. The third kappa shape index (κ3) is 8.65. The first-order chi connectivity index (χ1) is 15.3. The molecule has 0 heterocycles. The molecule has 168 valence electrons. The number of ether oxygens (including phenoxy) is 1. The average molecular weight is 419 g/mol. The summed E-state index contributed by atoms with van der Waals surface area (Å²) in [5.74, 6) is 1.88. The van der Waals surface area contributed by atoms with Crippen molar-refractivity contribution in [2.24, 2.45) is 11.8 Å². The van der Waals surface area contributed by atoms with Crippen LogP contribution in [0.25, 0.3) is 0 Å². The molecule has 0 bridgehead atoms. The van der Waals surface area contributed by atoms with E-state index in [2.05, 4.69) is 74.5 Å². The van der Waals surface area contributed by atoms with E-state index < -0.39 is 0 Å². The molecule has 1 saturated carbocycles. The Hall–Kier alpha value is -1.86. The molecule has 31 heavy (non-hydrogen) atoms. The van der Waals surface area contributed by atoms with Crippen LogP contribution in [0.3, 0.4) is 0 Å². The Morgan fingerprint density at radius 1 is 0.742 bits per heavy atom. The summed E-state index contributed by atoms with van der Waals surface area (Å²) in [6, 6.07) is 18.3. The first-order valence-electron chi connectivity index (χ1n) is 12.6.